The first-order valence-corrected chi connectivity index (χ1v) is 7.63. The van der Waals surface area contributed by atoms with Crippen LogP contribution in [0, 0.1) is 6.92 Å². The van der Waals surface area contributed by atoms with Crippen LogP contribution in [-0.2, 0) is 11.3 Å². The average molecular weight is 291 g/mol. The number of nitrogens with one attached hydrogen (secondary N) is 1. The lowest BCUT2D eigenvalue weighted by Crippen LogP contribution is -2.36. The number of hydrogen-bond donors (Lipinski definition) is 1. The fraction of sp³-hybridized carbons (Fsp3) is 0.588. The molecule has 0 radical (unpaired) electrons. The Balaban J connectivity index is 2.83. The third-order valence-electron chi connectivity index (χ3n) is 3.52. The Kier molecular flexibility index (Phi) is 6.69. The van der Waals surface area contributed by atoms with Gasteiger partial charge in [-0.3, -0.25) is 4.79 Å². The van der Waals surface area contributed by atoms with Crippen molar-refractivity contribution in [2.45, 2.75) is 40.3 Å². The van der Waals surface area contributed by atoms with Gasteiger partial charge in [-0.1, -0.05) is 26.0 Å². The summed E-state index contributed by atoms with van der Waals surface area (Å²) in [5.41, 5.74) is 3.63. The summed E-state index contributed by atoms with van der Waals surface area (Å²) < 4.78 is 0. The number of amides is 1. The zero-order chi connectivity index (χ0) is 16.0. The number of carbonyl (C=O) groups is 1. The van der Waals surface area contributed by atoms with Crippen LogP contribution < -0.4 is 10.2 Å². The molecule has 0 unspecified atom stereocenters. The van der Waals surface area contributed by atoms with Gasteiger partial charge in [0, 0.05) is 38.9 Å². The Bertz CT molecular complexity index is 469. The van der Waals surface area contributed by atoms with E-state index in [2.05, 4.69) is 56.1 Å². The third-order valence-corrected chi connectivity index (χ3v) is 3.52. The minimum atomic E-state index is 0.127. The SMILES string of the molecule is CCN(CC(=O)N(C)C)c1ccc(CNC(C)C)cc1C. The summed E-state index contributed by atoms with van der Waals surface area (Å²) in [6, 6.07) is 6.95. The van der Waals surface area contributed by atoms with Crippen molar-refractivity contribution in [3.05, 3.63) is 29.3 Å². The van der Waals surface area contributed by atoms with Crippen molar-refractivity contribution in [3.8, 4) is 0 Å². The predicted octanol–water partition coefficient (Wildman–Crippen LogP) is 2.41. The summed E-state index contributed by atoms with van der Waals surface area (Å²) in [7, 11) is 3.59. The first-order valence-electron chi connectivity index (χ1n) is 7.63. The van der Waals surface area contributed by atoms with Gasteiger partial charge in [-0.2, -0.15) is 0 Å². The summed E-state index contributed by atoms with van der Waals surface area (Å²) >= 11 is 0. The molecule has 0 aliphatic carbocycles. The van der Waals surface area contributed by atoms with Crippen LogP contribution in [0.25, 0.3) is 0 Å². The topological polar surface area (TPSA) is 35.6 Å². The molecule has 1 aromatic rings. The molecule has 4 nitrogen and oxygen atoms in total. The molecule has 0 aliphatic rings. The van der Waals surface area contributed by atoms with Gasteiger partial charge in [-0.25, -0.2) is 0 Å². The zero-order valence-electron chi connectivity index (χ0n) is 14.2. The van der Waals surface area contributed by atoms with Crippen LogP contribution >= 0.6 is 0 Å². The van der Waals surface area contributed by atoms with Crippen LogP contribution in [0.2, 0.25) is 0 Å². The Morgan fingerprint density at radius 1 is 1.29 bits per heavy atom. The molecule has 1 rings (SSSR count). The molecule has 118 valence electrons. The smallest absolute Gasteiger partial charge is 0.241 e. The first-order chi connectivity index (χ1) is 9.85. The van der Waals surface area contributed by atoms with E-state index in [-0.39, 0.29) is 5.91 Å². The molecule has 0 bridgehead atoms. The molecule has 0 aliphatic heterocycles. The second-order valence-corrected chi connectivity index (χ2v) is 5.96. The van der Waals surface area contributed by atoms with Crippen molar-refractivity contribution in [3.63, 3.8) is 0 Å². The van der Waals surface area contributed by atoms with Crippen LogP contribution in [0.3, 0.4) is 0 Å². The molecule has 0 saturated heterocycles. The Morgan fingerprint density at radius 2 is 1.95 bits per heavy atom. The lowest BCUT2D eigenvalue weighted by Gasteiger charge is -2.26. The quantitative estimate of drug-likeness (QED) is 0.838. The van der Waals surface area contributed by atoms with Gasteiger partial charge in [0.1, 0.15) is 0 Å². The number of anilines is 1. The molecule has 0 saturated carbocycles. The van der Waals surface area contributed by atoms with E-state index >= 15 is 0 Å². The standard InChI is InChI=1S/C17H29N3O/c1-7-20(12-17(21)19(5)6)16-9-8-15(10-14(16)4)11-18-13(2)3/h8-10,13,18H,7,11-12H2,1-6H3. The van der Waals surface area contributed by atoms with Crippen LogP contribution in [0.5, 0.6) is 0 Å². The van der Waals surface area contributed by atoms with Crippen molar-refractivity contribution in [2.75, 3.05) is 32.1 Å². The maximum atomic E-state index is 11.9. The van der Waals surface area contributed by atoms with Gasteiger partial charge in [0.05, 0.1) is 6.54 Å². The number of nitrogens with zero attached hydrogens (tertiary/aromatic N) is 2. The summed E-state index contributed by atoms with van der Waals surface area (Å²) in [6.45, 7) is 10.6. The summed E-state index contributed by atoms with van der Waals surface area (Å²) in [6.07, 6.45) is 0. The molecule has 1 amide bonds. The maximum Gasteiger partial charge on any atom is 0.241 e. The number of hydrogen-bond acceptors (Lipinski definition) is 3. The molecule has 0 fully saturated rings. The summed E-state index contributed by atoms with van der Waals surface area (Å²) in [4.78, 5) is 15.7. The molecular formula is C17H29N3O. The number of rotatable bonds is 7. The number of aryl methyl sites for hydroxylation is 1. The monoisotopic (exact) mass is 291 g/mol. The third kappa shape index (κ3) is 5.38. The van der Waals surface area contributed by atoms with E-state index < -0.39 is 0 Å². The highest BCUT2D eigenvalue weighted by Crippen LogP contribution is 2.21. The van der Waals surface area contributed by atoms with Crippen LogP contribution in [0.15, 0.2) is 18.2 Å². The maximum absolute atomic E-state index is 11.9. The molecule has 0 spiro atoms. The highest BCUT2D eigenvalue weighted by atomic mass is 16.2. The number of likely N-dealkylation sites (N-methyl/N-ethyl adjacent to an activating group) is 2. The van der Waals surface area contributed by atoms with E-state index in [9.17, 15) is 4.79 Å². The molecule has 1 aromatic carbocycles. The van der Waals surface area contributed by atoms with E-state index in [1.165, 1.54) is 11.1 Å². The lowest BCUT2D eigenvalue weighted by atomic mass is 10.1. The van der Waals surface area contributed by atoms with E-state index in [0.29, 0.717) is 12.6 Å². The van der Waals surface area contributed by atoms with E-state index in [0.717, 1.165) is 18.8 Å². The summed E-state index contributed by atoms with van der Waals surface area (Å²) in [5, 5.41) is 3.42. The fourth-order valence-electron chi connectivity index (χ4n) is 2.18. The van der Waals surface area contributed by atoms with Gasteiger partial charge in [-0.05, 0) is 31.0 Å². The predicted molar refractivity (Wildman–Crippen MR) is 89.7 cm³/mol. The average Bonchev–Trinajstić information content (AvgIpc) is 2.42. The van der Waals surface area contributed by atoms with Gasteiger partial charge in [0.15, 0.2) is 0 Å². The normalized spacial score (nSPS) is 10.8. The van der Waals surface area contributed by atoms with Gasteiger partial charge in [0.25, 0.3) is 0 Å². The Morgan fingerprint density at radius 3 is 2.43 bits per heavy atom. The van der Waals surface area contributed by atoms with Gasteiger partial charge >= 0.3 is 0 Å². The van der Waals surface area contributed by atoms with Crippen LogP contribution in [0.4, 0.5) is 5.69 Å². The van der Waals surface area contributed by atoms with E-state index in [4.69, 9.17) is 0 Å². The van der Waals surface area contributed by atoms with Crippen molar-refractivity contribution in [1.29, 1.82) is 0 Å². The molecular weight excluding hydrogens is 262 g/mol. The molecule has 0 atom stereocenters. The second kappa shape index (κ2) is 8.03. The lowest BCUT2D eigenvalue weighted by molar-refractivity contribution is -0.127. The fourth-order valence-corrected chi connectivity index (χ4v) is 2.18. The second-order valence-electron chi connectivity index (χ2n) is 5.96. The Labute approximate surface area is 129 Å². The Hall–Kier alpha value is -1.55. The van der Waals surface area contributed by atoms with Crippen LogP contribution in [-0.4, -0.2) is 44.0 Å². The zero-order valence-corrected chi connectivity index (χ0v) is 14.2. The van der Waals surface area contributed by atoms with Gasteiger partial charge in [-0.15, -0.1) is 0 Å². The first kappa shape index (κ1) is 17.5. The van der Waals surface area contributed by atoms with E-state index in [1.54, 1.807) is 19.0 Å². The van der Waals surface area contributed by atoms with Crippen LogP contribution in [0.1, 0.15) is 31.9 Å². The van der Waals surface area contributed by atoms with Crippen molar-refractivity contribution in [2.24, 2.45) is 0 Å². The minimum absolute atomic E-state index is 0.127. The summed E-state index contributed by atoms with van der Waals surface area (Å²) in [5.74, 6) is 0.127. The molecule has 4 heteroatoms. The minimum Gasteiger partial charge on any atom is -0.362 e. The van der Waals surface area contributed by atoms with Crippen molar-refractivity contribution in [1.82, 2.24) is 10.2 Å². The molecule has 21 heavy (non-hydrogen) atoms. The van der Waals surface area contributed by atoms with Gasteiger partial charge < -0.3 is 15.1 Å². The van der Waals surface area contributed by atoms with E-state index in [1.807, 2.05) is 0 Å². The molecule has 0 aromatic heterocycles. The molecule has 0 heterocycles. The highest BCUT2D eigenvalue weighted by Gasteiger charge is 2.13. The largest absolute Gasteiger partial charge is 0.362 e. The number of benzene rings is 1. The molecule has 1 N–H and O–H groups in total. The highest BCUT2D eigenvalue weighted by molar-refractivity contribution is 5.81. The number of carbonyl (C=O) groups excluding carboxylic acids is 1. The van der Waals surface area contributed by atoms with Crippen molar-refractivity contribution < 1.29 is 4.79 Å². The van der Waals surface area contributed by atoms with Gasteiger partial charge in [0.2, 0.25) is 5.91 Å². The van der Waals surface area contributed by atoms with Crippen molar-refractivity contribution >= 4 is 11.6 Å².